The number of alkyl carbamates (subject to hydrolysis) is 1. The number of carbonyl (C=O) groups is 2. The first-order chi connectivity index (χ1) is 12.8. The number of hydrogen-bond acceptors (Lipinski definition) is 4. The van der Waals surface area contributed by atoms with E-state index in [-0.39, 0.29) is 5.91 Å². The lowest BCUT2D eigenvalue weighted by atomic mass is 10.1. The van der Waals surface area contributed by atoms with Gasteiger partial charge in [0.05, 0.1) is 0 Å². The van der Waals surface area contributed by atoms with Gasteiger partial charge in [-0.1, -0.05) is 25.1 Å². The summed E-state index contributed by atoms with van der Waals surface area (Å²) in [5.74, 6) is 0.682. The SMILES string of the molecule is CCc1oc2ccccc2c1/C=C/C(=O)NCCCNC(=O)OC(C)(C)C. The van der Waals surface area contributed by atoms with Crippen molar-refractivity contribution in [2.75, 3.05) is 13.1 Å². The van der Waals surface area contributed by atoms with E-state index in [4.69, 9.17) is 9.15 Å². The summed E-state index contributed by atoms with van der Waals surface area (Å²) in [6.07, 6.45) is 4.23. The van der Waals surface area contributed by atoms with Crippen LogP contribution in [-0.4, -0.2) is 30.7 Å². The molecular weight excluding hydrogens is 344 g/mol. The second kappa shape index (κ2) is 9.26. The van der Waals surface area contributed by atoms with E-state index in [9.17, 15) is 9.59 Å². The Morgan fingerprint density at radius 1 is 1.15 bits per heavy atom. The van der Waals surface area contributed by atoms with Gasteiger partial charge in [0.1, 0.15) is 16.9 Å². The molecule has 0 saturated heterocycles. The van der Waals surface area contributed by atoms with Crippen LogP contribution in [0.5, 0.6) is 0 Å². The predicted molar refractivity (Wildman–Crippen MR) is 106 cm³/mol. The topological polar surface area (TPSA) is 80.6 Å². The van der Waals surface area contributed by atoms with E-state index in [0.717, 1.165) is 28.7 Å². The van der Waals surface area contributed by atoms with E-state index >= 15 is 0 Å². The maximum Gasteiger partial charge on any atom is 0.407 e. The Labute approximate surface area is 159 Å². The van der Waals surface area contributed by atoms with Crippen LogP contribution in [-0.2, 0) is 16.0 Å². The fourth-order valence-corrected chi connectivity index (χ4v) is 2.58. The molecule has 2 rings (SSSR count). The summed E-state index contributed by atoms with van der Waals surface area (Å²) in [6, 6.07) is 7.78. The fourth-order valence-electron chi connectivity index (χ4n) is 2.58. The Bertz CT molecular complexity index is 815. The van der Waals surface area contributed by atoms with Gasteiger partial charge in [0.2, 0.25) is 5.91 Å². The molecule has 0 saturated carbocycles. The molecule has 2 amide bonds. The van der Waals surface area contributed by atoms with Crippen LogP contribution in [0.4, 0.5) is 4.79 Å². The Balaban J connectivity index is 1.79. The summed E-state index contributed by atoms with van der Waals surface area (Å²) in [6.45, 7) is 8.36. The van der Waals surface area contributed by atoms with E-state index in [2.05, 4.69) is 10.6 Å². The summed E-state index contributed by atoms with van der Waals surface area (Å²) in [4.78, 5) is 23.5. The predicted octanol–water partition coefficient (Wildman–Crippen LogP) is 4.04. The number of benzene rings is 1. The fraction of sp³-hybridized carbons (Fsp3) is 0.429. The van der Waals surface area contributed by atoms with Crippen molar-refractivity contribution in [3.63, 3.8) is 0 Å². The van der Waals surface area contributed by atoms with Gasteiger partial charge in [0, 0.05) is 36.5 Å². The molecule has 0 fully saturated rings. The Hall–Kier alpha value is -2.76. The molecular formula is C21H28N2O4. The minimum atomic E-state index is -0.516. The molecule has 1 heterocycles. The first kappa shape index (κ1) is 20.6. The highest BCUT2D eigenvalue weighted by Gasteiger charge is 2.15. The Morgan fingerprint density at radius 2 is 1.85 bits per heavy atom. The number of amides is 2. The van der Waals surface area contributed by atoms with Crippen molar-refractivity contribution in [2.24, 2.45) is 0 Å². The van der Waals surface area contributed by atoms with E-state index in [0.29, 0.717) is 19.5 Å². The van der Waals surface area contributed by atoms with Gasteiger partial charge >= 0.3 is 6.09 Å². The third-order valence-corrected chi connectivity index (χ3v) is 3.75. The number of fused-ring (bicyclic) bond motifs is 1. The van der Waals surface area contributed by atoms with Crippen LogP contribution in [0.3, 0.4) is 0 Å². The van der Waals surface area contributed by atoms with Gasteiger partial charge in [0.25, 0.3) is 0 Å². The molecule has 0 bridgehead atoms. The number of rotatable bonds is 7. The van der Waals surface area contributed by atoms with Crippen molar-refractivity contribution in [2.45, 2.75) is 46.1 Å². The van der Waals surface area contributed by atoms with Gasteiger partial charge in [0.15, 0.2) is 0 Å². The molecule has 1 aromatic heterocycles. The molecule has 6 nitrogen and oxygen atoms in total. The zero-order chi connectivity index (χ0) is 19.9. The van der Waals surface area contributed by atoms with Crippen molar-refractivity contribution in [1.29, 1.82) is 0 Å². The lowest BCUT2D eigenvalue weighted by molar-refractivity contribution is -0.116. The van der Waals surface area contributed by atoms with Crippen molar-refractivity contribution < 1.29 is 18.7 Å². The number of aryl methyl sites for hydroxylation is 1. The van der Waals surface area contributed by atoms with Gasteiger partial charge in [-0.3, -0.25) is 4.79 Å². The van der Waals surface area contributed by atoms with Crippen LogP contribution in [0.1, 0.15) is 45.4 Å². The lowest BCUT2D eigenvalue weighted by Crippen LogP contribution is -2.34. The molecule has 0 radical (unpaired) electrons. The first-order valence-electron chi connectivity index (χ1n) is 9.23. The minimum absolute atomic E-state index is 0.181. The third kappa shape index (κ3) is 6.47. The van der Waals surface area contributed by atoms with Crippen LogP contribution in [0.2, 0.25) is 0 Å². The molecule has 0 aliphatic carbocycles. The molecule has 0 aliphatic rings. The smallest absolute Gasteiger partial charge is 0.407 e. The highest BCUT2D eigenvalue weighted by molar-refractivity contribution is 5.96. The molecule has 146 valence electrons. The summed E-state index contributed by atoms with van der Waals surface area (Å²) in [7, 11) is 0. The number of furan rings is 1. The van der Waals surface area contributed by atoms with Crippen LogP contribution in [0.15, 0.2) is 34.8 Å². The number of nitrogens with one attached hydrogen (secondary N) is 2. The molecule has 0 spiro atoms. The van der Waals surface area contributed by atoms with Crippen molar-refractivity contribution >= 4 is 29.0 Å². The monoisotopic (exact) mass is 372 g/mol. The van der Waals surface area contributed by atoms with Crippen LogP contribution in [0, 0.1) is 0 Å². The van der Waals surface area contributed by atoms with E-state index in [1.807, 2.05) is 52.0 Å². The summed E-state index contributed by atoms with van der Waals surface area (Å²) < 4.78 is 11.0. The second-order valence-electron chi connectivity index (χ2n) is 7.20. The number of hydrogen-bond donors (Lipinski definition) is 2. The standard InChI is InChI=1S/C21H28N2O4/c1-5-17-16(15-9-6-7-10-18(15)26-17)11-12-19(24)22-13-8-14-23-20(25)27-21(2,3)4/h6-7,9-12H,5,8,13-14H2,1-4H3,(H,22,24)(H,23,25)/b12-11+. The Morgan fingerprint density at radius 3 is 2.56 bits per heavy atom. The number of ether oxygens (including phenoxy) is 1. The second-order valence-corrected chi connectivity index (χ2v) is 7.20. The maximum absolute atomic E-state index is 12.0. The molecule has 2 aromatic rings. The summed E-state index contributed by atoms with van der Waals surface area (Å²) >= 11 is 0. The molecule has 0 aliphatic heterocycles. The number of para-hydroxylation sites is 1. The van der Waals surface area contributed by atoms with Gasteiger partial charge in [-0.15, -0.1) is 0 Å². The quantitative estimate of drug-likeness (QED) is 0.568. The summed E-state index contributed by atoms with van der Waals surface area (Å²) in [5, 5.41) is 6.46. The minimum Gasteiger partial charge on any atom is -0.460 e. The zero-order valence-electron chi connectivity index (χ0n) is 16.4. The van der Waals surface area contributed by atoms with Crippen molar-refractivity contribution in [3.05, 3.63) is 41.7 Å². The zero-order valence-corrected chi connectivity index (χ0v) is 16.4. The van der Waals surface area contributed by atoms with Gasteiger partial charge in [-0.25, -0.2) is 4.79 Å². The maximum atomic E-state index is 12.0. The molecule has 1 aromatic carbocycles. The molecule has 0 atom stereocenters. The van der Waals surface area contributed by atoms with Crippen LogP contribution >= 0.6 is 0 Å². The van der Waals surface area contributed by atoms with E-state index < -0.39 is 11.7 Å². The average Bonchev–Trinajstić information content (AvgIpc) is 2.96. The molecule has 0 unspecified atom stereocenters. The first-order valence-corrected chi connectivity index (χ1v) is 9.23. The summed E-state index contributed by atoms with van der Waals surface area (Å²) in [5.41, 5.74) is 1.25. The Kier molecular flexibility index (Phi) is 7.05. The largest absolute Gasteiger partial charge is 0.460 e. The average molecular weight is 372 g/mol. The number of carbonyl (C=O) groups excluding carboxylic acids is 2. The van der Waals surface area contributed by atoms with E-state index in [1.54, 1.807) is 6.08 Å². The molecule has 6 heteroatoms. The van der Waals surface area contributed by atoms with Crippen molar-refractivity contribution in [1.82, 2.24) is 10.6 Å². The van der Waals surface area contributed by atoms with E-state index in [1.165, 1.54) is 6.08 Å². The highest BCUT2D eigenvalue weighted by atomic mass is 16.6. The molecule has 2 N–H and O–H groups in total. The van der Waals surface area contributed by atoms with Gasteiger partial charge in [-0.05, 0) is 39.3 Å². The normalized spacial score (nSPS) is 11.7. The highest BCUT2D eigenvalue weighted by Crippen LogP contribution is 2.27. The van der Waals surface area contributed by atoms with Gasteiger partial charge in [-0.2, -0.15) is 0 Å². The van der Waals surface area contributed by atoms with Gasteiger partial charge < -0.3 is 19.8 Å². The van der Waals surface area contributed by atoms with Crippen molar-refractivity contribution in [3.8, 4) is 0 Å². The van der Waals surface area contributed by atoms with Crippen LogP contribution < -0.4 is 10.6 Å². The third-order valence-electron chi connectivity index (χ3n) is 3.75. The van der Waals surface area contributed by atoms with Crippen LogP contribution in [0.25, 0.3) is 17.0 Å². The lowest BCUT2D eigenvalue weighted by Gasteiger charge is -2.19. The molecule has 27 heavy (non-hydrogen) atoms.